The maximum absolute atomic E-state index is 14.8. The minimum Gasteiger partial charge on any atom is -0.480 e. The lowest BCUT2D eigenvalue weighted by atomic mass is 9.96. The van der Waals surface area contributed by atoms with Gasteiger partial charge in [0, 0.05) is 17.6 Å². The number of H-pyrrole nitrogens is 1. The summed E-state index contributed by atoms with van der Waals surface area (Å²) in [6, 6.07) is 3.16. The van der Waals surface area contributed by atoms with Gasteiger partial charge in [0.1, 0.15) is 17.2 Å². The number of hydrogen-bond donors (Lipinski definition) is 2. The van der Waals surface area contributed by atoms with Crippen molar-refractivity contribution in [2.75, 3.05) is 12.0 Å². The van der Waals surface area contributed by atoms with E-state index < -0.39 is 12.2 Å². The number of fused-ring (bicyclic) bond motifs is 4. The normalized spacial score (nSPS) is 24.7. The zero-order valence-corrected chi connectivity index (χ0v) is 18.8. The van der Waals surface area contributed by atoms with Crippen molar-refractivity contribution in [1.82, 2.24) is 30.1 Å². The number of nitrogens with zero attached hydrogens (tertiary/aromatic N) is 6. The summed E-state index contributed by atoms with van der Waals surface area (Å²) in [5.41, 5.74) is 10.3. The molecule has 4 aromatic rings. The first kappa shape index (κ1) is 20.5. The molecule has 0 saturated carbocycles. The maximum Gasteiger partial charge on any atom is 0.232 e. The number of piperidine rings is 1. The summed E-state index contributed by atoms with van der Waals surface area (Å²) < 4.78 is 20.0. The molecule has 0 radical (unpaired) electrons. The average molecular weight is 469 g/mol. The van der Waals surface area contributed by atoms with Crippen molar-refractivity contribution in [2.45, 2.75) is 50.5 Å². The third-order valence-electron chi connectivity index (χ3n) is 6.76. The molecule has 2 fully saturated rings. The molecule has 5 heterocycles. The van der Waals surface area contributed by atoms with Gasteiger partial charge < -0.3 is 15.4 Å². The van der Waals surface area contributed by atoms with E-state index in [1.807, 2.05) is 19.1 Å². The van der Waals surface area contributed by atoms with E-state index in [0.717, 1.165) is 12.8 Å². The van der Waals surface area contributed by atoms with Gasteiger partial charge in [-0.25, -0.2) is 24.3 Å². The maximum atomic E-state index is 14.8. The number of benzene rings is 1. The molecule has 0 amide bonds. The van der Waals surface area contributed by atoms with Crippen molar-refractivity contribution in [3.63, 3.8) is 0 Å². The van der Waals surface area contributed by atoms with E-state index in [-0.39, 0.29) is 12.1 Å². The molecular weight excluding hydrogens is 447 g/mol. The number of halogens is 2. The Balaban J connectivity index is 1.46. The number of methoxy groups -OCH3 is 1. The molecule has 33 heavy (non-hydrogen) atoms. The number of aryl methyl sites for hydroxylation is 1. The molecule has 1 aromatic carbocycles. The van der Waals surface area contributed by atoms with Crippen molar-refractivity contribution in [2.24, 2.45) is 5.73 Å². The van der Waals surface area contributed by atoms with Gasteiger partial charge in [-0.05, 0) is 38.3 Å². The van der Waals surface area contributed by atoms with Gasteiger partial charge in [-0.1, -0.05) is 11.6 Å². The highest BCUT2D eigenvalue weighted by atomic mass is 35.5. The zero-order valence-electron chi connectivity index (χ0n) is 18.1. The zero-order chi connectivity index (χ0) is 22.9. The first-order valence-corrected chi connectivity index (χ1v) is 11.2. The Morgan fingerprint density at radius 1 is 1.21 bits per heavy atom. The number of nitrogens with two attached hydrogens (primary N) is 1. The van der Waals surface area contributed by atoms with Crippen molar-refractivity contribution in [1.29, 1.82) is 0 Å². The molecule has 4 atom stereocenters. The van der Waals surface area contributed by atoms with E-state index in [1.54, 1.807) is 6.20 Å². The van der Waals surface area contributed by atoms with Gasteiger partial charge >= 0.3 is 0 Å². The lowest BCUT2D eigenvalue weighted by Gasteiger charge is -2.41. The molecule has 3 N–H and O–H groups in total. The quantitative estimate of drug-likeness (QED) is 0.470. The van der Waals surface area contributed by atoms with Gasteiger partial charge in [0.05, 0.1) is 41.3 Å². The fraction of sp³-hybridized carbons (Fsp3) is 0.409. The number of hydrogen-bond acceptors (Lipinski definition) is 8. The number of aromatic amines is 1. The standard InChI is InChI=1S/C22H22ClFN8O/c1-9-22(32-10-3-6-14(32)17(24)12(25)7-10)29-21-20(27-9)18(30-31-21)11-4-5-13-19(16(11)23)28-15(33-2)8-26-13/h4-5,8,10,12,14,17H,3,6-7,25H2,1-2H3,(H,29,30,31)/t10?,12-,14+,17-/m0/s1. The molecule has 0 aliphatic carbocycles. The summed E-state index contributed by atoms with van der Waals surface area (Å²) in [5.74, 6) is 1.04. The highest BCUT2D eigenvalue weighted by Gasteiger charge is 2.47. The van der Waals surface area contributed by atoms with Crippen LogP contribution in [0.15, 0.2) is 18.3 Å². The van der Waals surface area contributed by atoms with Crippen LogP contribution in [-0.4, -0.2) is 61.5 Å². The molecule has 2 aliphatic rings. The Labute approximate surface area is 193 Å². The minimum atomic E-state index is -1.08. The van der Waals surface area contributed by atoms with E-state index in [9.17, 15) is 4.39 Å². The van der Waals surface area contributed by atoms with Gasteiger partial charge in [-0.3, -0.25) is 5.10 Å². The second-order valence-corrected chi connectivity index (χ2v) is 9.04. The van der Waals surface area contributed by atoms with Crippen molar-refractivity contribution in [3.05, 3.63) is 29.0 Å². The molecule has 11 heteroatoms. The molecule has 6 rings (SSSR count). The highest BCUT2D eigenvalue weighted by Crippen LogP contribution is 2.41. The topological polar surface area (TPSA) is 119 Å². The fourth-order valence-corrected chi connectivity index (χ4v) is 5.47. The second-order valence-electron chi connectivity index (χ2n) is 8.66. The summed E-state index contributed by atoms with van der Waals surface area (Å²) >= 11 is 6.72. The van der Waals surface area contributed by atoms with Gasteiger partial charge in [-0.15, -0.1) is 0 Å². The smallest absolute Gasteiger partial charge is 0.232 e. The van der Waals surface area contributed by atoms with Crippen LogP contribution in [0.5, 0.6) is 5.88 Å². The molecule has 9 nitrogen and oxygen atoms in total. The molecule has 2 saturated heterocycles. The molecule has 3 aromatic heterocycles. The molecule has 170 valence electrons. The number of ether oxygens (including phenoxy) is 1. The van der Waals surface area contributed by atoms with E-state index >= 15 is 0 Å². The van der Waals surface area contributed by atoms with Crippen LogP contribution < -0.4 is 15.4 Å². The van der Waals surface area contributed by atoms with Crippen LogP contribution in [-0.2, 0) is 0 Å². The van der Waals surface area contributed by atoms with E-state index in [1.165, 1.54) is 7.11 Å². The lowest BCUT2D eigenvalue weighted by molar-refractivity contribution is 0.203. The van der Waals surface area contributed by atoms with E-state index in [2.05, 4.69) is 25.1 Å². The fourth-order valence-electron chi connectivity index (χ4n) is 5.18. The van der Waals surface area contributed by atoms with Gasteiger partial charge in [0.2, 0.25) is 11.5 Å². The summed E-state index contributed by atoms with van der Waals surface area (Å²) in [4.78, 5) is 20.4. The van der Waals surface area contributed by atoms with Crippen molar-refractivity contribution in [3.8, 4) is 17.1 Å². The summed E-state index contributed by atoms with van der Waals surface area (Å²) in [6.07, 6.45) is 2.75. The monoisotopic (exact) mass is 468 g/mol. The SMILES string of the molecule is COc1cnc2ccc(-c3[nH]nc4nc(N5C6CC[C@@H]5[C@@H](F)[C@@H](N)C6)c(C)nc34)c(Cl)c2n1. The lowest BCUT2D eigenvalue weighted by Crippen LogP contribution is -2.56. The molecular formula is C22H22ClFN8O. The van der Waals surface area contributed by atoms with Crippen LogP contribution in [0.2, 0.25) is 5.02 Å². The predicted molar refractivity (Wildman–Crippen MR) is 123 cm³/mol. The van der Waals surface area contributed by atoms with Crippen LogP contribution in [0.3, 0.4) is 0 Å². The third kappa shape index (κ3) is 3.04. The Kier molecular flexibility index (Phi) is 4.63. The Morgan fingerprint density at radius 3 is 2.88 bits per heavy atom. The van der Waals surface area contributed by atoms with Crippen molar-refractivity contribution < 1.29 is 9.13 Å². The Hall–Kier alpha value is -3.11. The van der Waals surface area contributed by atoms with Gasteiger partial charge in [0.15, 0.2) is 5.82 Å². The highest BCUT2D eigenvalue weighted by molar-refractivity contribution is 6.38. The predicted octanol–water partition coefficient (Wildman–Crippen LogP) is 3.34. The van der Waals surface area contributed by atoms with E-state index in [0.29, 0.717) is 62.3 Å². The van der Waals surface area contributed by atoms with E-state index in [4.69, 9.17) is 32.0 Å². The molecule has 2 aliphatic heterocycles. The first-order chi connectivity index (χ1) is 16.0. The van der Waals surface area contributed by atoms with Gasteiger partial charge in [-0.2, -0.15) is 5.10 Å². The number of aromatic nitrogens is 6. The van der Waals surface area contributed by atoms with Crippen LogP contribution in [0, 0.1) is 6.92 Å². The average Bonchev–Trinajstić information content (AvgIpc) is 3.38. The number of rotatable bonds is 3. The Morgan fingerprint density at radius 2 is 2.06 bits per heavy atom. The van der Waals surface area contributed by atoms with Gasteiger partial charge in [0.25, 0.3) is 0 Å². The van der Waals surface area contributed by atoms with Crippen LogP contribution >= 0.6 is 11.6 Å². The number of alkyl halides is 1. The molecule has 1 unspecified atom stereocenters. The largest absolute Gasteiger partial charge is 0.480 e. The first-order valence-electron chi connectivity index (χ1n) is 10.9. The number of anilines is 1. The third-order valence-corrected chi connectivity index (χ3v) is 7.14. The van der Waals surface area contributed by atoms with Crippen LogP contribution in [0.1, 0.15) is 25.0 Å². The van der Waals surface area contributed by atoms with Crippen molar-refractivity contribution >= 4 is 39.6 Å². The summed E-state index contributed by atoms with van der Waals surface area (Å²) in [5, 5.41) is 7.83. The molecule has 2 bridgehead atoms. The second kappa shape index (κ2) is 7.46. The van der Waals surface area contributed by atoms with Crippen LogP contribution in [0.25, 0.3) is 33.5 Å². The minimum absolute atomic E-state index is 0.171. The Bertz CT molecular complexity index is 1390. The molecule has 0 spiro atoms. The summed E-state index contributed by atoms with van der Waals surface area (Å²) in [6.45, 7) is 1.89. The number of nitrogens with one attached hydrogen (secondary N) is 1. The summed E-state index contributed by atoms with van der Waals surface area (Å²) in [7, 11) is 1.53. The van der Waals surface area contributed by atoms with Crippen LogP contribution in [0.4, 0.5) is 10.2 Å².